The number of carbonyl (C=O) groups excluding carboxylic acids is 1. The molecule has 0 bridgehead atoms. The molecule has 1 heterocycles. The molecule has 1 amide bonds. The first-order valence-electron chi connectivity index (χ1n) is 7.14. The summed E-state index contributed by atoms with van der Waals surface area (Å²) in [5.41, 5.74) is 0.483. The van der Waals surface area contributed by atoms with Crippen molar-refractivity contribution >= 4 is 23.2 Å². The summed E-state index contributed by atoms with van der Waals surface area (Å²) < 4.78 is 23.8. The van der Waals surface area contributed by atoms with Crippen LogP contribution in [0.3, 0.4) is 0 Å². The number of rotatable bonds is 5. The van der Waals surface area contributed by atoms with Crippen LogP contribution in [-0.2, 0) is 6.61 Å². The molecule has 0 aliphatic heterocycles. The van der Waals surface area contributed by atoms with Crippen LogP contribution in [0.1, 0.15) is 16.3 Å². The molecule has 3 rings (SSSR count). The van der Waals surface area contributed by atoms with Crippen LogP contribution in [0.4, 0.5) is 10.1 Å². The Labute approximate surface area is 142 Å². The molecule has 1 aromatic heterocycles. The normalized spacial score (nSPS) is 10.4. The molecule has 0 atom stereocenters. The third kappa shape index (κ3) is 4.14. The van der Waals surface area contributed by atoms with Crippen LogP contribution in [0.25, 0.3) is 0 Å². The van der Waals surface area contributed by atoms with E-state index in [1.165, 1.54) is 24.3 Å². The van der Waals surface area contributed by atoms with E-state index in [9.17, 15) is 9.18 Å². The van der Waals surface area contributed by atoms with Gasteiger partial charge in [-0.2, -0.15) is 0 Å². The van der Waals surface area contributed by atoms with Crippen molar-refractivity contribution in [1.82, 2.24) is 0 Å². The number of carbonyl (C=O) groups is 1. The highest BCUT2D eigenvalue weighted by atomic mass is 35.5. The zero-order valence-corrected chi connectivity index (χ0v) is 13.2. The number of furan rings is 1. The number of amides is 1. The zero-order valence-electron chi connectivity index (χ0n) is 12.5. The first kappa shape index (κ1) is 16.1. The molecule has 0 saturated carbocycles. The molecule has 122 valence electrons. The van der Waals surface area contributed by atoms with Crippen LogP contribution < -0.4 is 10.1 Å². The van der Waals surface area contributed by atoms with Crippen LogP contribution >= 0.6 is 11.6 Å². The van der Waals surface area contributed by atoms with E-state index in [1.54, 1.807) is 36.4 Å². The van der Waals surface area contributed by atoms with E-state index in [1.807, 2.05) is 0 Å². The maximum atomic E-state index is 12.8. The first-order chi connectivity index (χ1) is 11.6. The standard InChI is InChI=1S/C18H13ClFNO3/c19-12-1-7-15(8-2-12)23-11-16-9-10-17(24-16)18(22)21-14-5-3-13(20)4-6-14/h1-10H,11H2,(H,21,22). The molecule has 1 N–H and O–H groups in total. The molecular formula is C18H13ClFNO3. The van der Waals surface area contributed by atoms with Gasteiger partial charge in [0, 0.05) is 10.7 Å². The molecule has 2 aromatic carbocycles. The number of benzene rings is 2. The molecule has 0 spiro atoms. The van der Waals surface area contributed by atoms with Gasteiger partial charge in [0.2, 0.25) is 0 Å². The Morgan fingerprint density at radius 2 is 1.75 bits per heavy atom. The van der Waals surface area contributed by atoms with Gasteiger partial charge in [-0.25, -0.2) is 4.39 Å². The predicted molar refractivity (Wildman–Crippen MR) is 88.8 cm³/mol. The minimum Gasteiger partial charge on any atom is -0.486 e. The number of ether oxygens (including phenoxy) is 1. The third-order valence-electron chi connectivity index (χ3n) is 3.18. The Morgan fingerprint density at radius 1 is 1.04 bits per heavy atom. The smallest absolute Gasteiger partial charge is 0.291 e. The lowest BCUT2D eigenvalue weighted by molar-refractivity contribution is 0.0992. The van der Waals surface area contributed by atoms with Gasteiger partial charge in [0.15, 0.2) is 5.76 Å². The third-order valence-corrected chi connectivity index (χ3v) is 3.43. The summed E-state index contributed by atoms with van der Waals surface area (Å²) in [6, 6.07) is 15.6. The Hall–Kier alpha value is -2.79. The molecule has 0 aliphatic carbocycles. The molecular weight excluding hydrogens is 333 g/mol. The van der Waals surface area contributed by atoms with Crippen molar-refractivity contribution in [1.29, 1.82) is 0 Å². The molecule has 6 heteroatoms. The van der Waals surface area contributed by atoms with Gasteiger partial charge in [0.1, 0.15) is 23.9 Å². The summed E-state index contributed by atoms with van der Waals surface area (Å²) in [6.07, 6.45) is 0. The number of nitrogens with one attached hydrogen (secondary N) is 1. The summed E-state index contributed by atoms with van der Waals surface area (Å²) in [6.45, 7) is 0.186. The van der Waals surface area contributed by atoms with Crippen molar-refractivity contribution in [3.05, 3.63) is 83.0 Å². The average molecular weight is 346 g/mol. The summed E-state index contributed by atoms with van der Waals surface area (Å²) in [7, 11) is 0. The molecule has 24 heavy (non-hydrogen) atoms. The topological polar surface area (TPSA) is 51.5 Å². The van der Waals surface area contributed by atoms with Gasteiger partial charge >= 0.3 is 0 Å². The number of anilines is 1. The second-order valence-electron chi connectivity index (χ2n) is 4.97. The quantitative estimate of drug-likeness (QED) is 0.715. The monoisotopic (exact) mass is 345 g/mol. The number of halogens is 2. The molecule has 0 radical (unpaired) electrons. The predicted octanol–water partition coefficient (Wildman–Crippen LogP) is 4.90. The second kappa shape index (κ2) is 7.19. The highest BCUT2D eigenvalue weighted by Gasteiger charge is 2.12. The Morgan fingerprint density at radius 3 is 2.46 bits per heavy atom. The zero-order chi connectivity index (χ0) is 16.9. The van der Waals surface area contributed by atoms with Gasteiger partial charge in [0.25, 0.3) is 5.91 Å². The largest absolute Gasteiger partial charge is 0.486 e. The van der Waals surface area contributed by atoms with Gasteiger partial charge in [-0.15, -0.1) is 0 Å². The number of hydrogen-bond donors (Lipinski definition) is 1. The minimum atomic E-state index is -0.417. The van der Waals surface area contributed by atoms with E-state index in [-0.39, 0.29) is 18.2 Å². The van der Waals surface area contributed by atoms with E-state index in [0.29, 0.717) is 22.2 Å². The van der Waals surface area contributed by atoms with E-state index >= 15 is 0 Å². The molecule has 4 nitrogen and oxygen atoms in total. The maximum Gasteiger partial charge on any atom is 0.291 e. The van der Waals surface area contributed by atoms with E-state index in [2.05, 4.69) is 5.32 Å². The van der Waals surface area contributed by atoms with Crippen molar-refractivity contribution in [2.45, 2.75) is 6.61 Å². The summed E-state index contributed by atoms with van der Waals surface area (Å²) >= 11 is 5.80. The Balaban J connectivity index is 1.59. The van der Waals surface area contributed by atoms with Gasteiger partial charge in [0.05, 0.1) is 0 Å². The van der Waals surface area contributed by atoms with Gasteiger partial charge in [-0.05, 0) is 60.7 Å². The fourth-order valence-corrected chi connectivity index (χ4v) is 2.11. The van der Waals surface area contributed by atoms with E-state index in [4.69, 9.17) is 20.8 Å². The SMILES string of the molecule is O=C(Nc1ccc(F)cc1)c1ccc(COc2ccc(Cl)cc2)o1. The summed E-state index contributed by atoms with van der Waals surface area (Å²) in [5.74, 6) is 0.517. The highest BCUT2D eigenvalue weighted by molar-refractivity contribution is 6.30. The van der Waals surface area contributed by atoms with Crippen LogP contribution in [-0.4, -0.2) is 5.91 Å². The van der Waals surface area contributed by atoms with Crippen molar-refractivity contribution in [3.63, 3.8) is 0 Å². The summed E-state index contributed by atoms with van der Waals surface area (Å²) in [4.78, 5) is 12.1. The Bertz CT molecular complexity index is 828. The van der Waals surface area contributed by atoms with Crippen LogP contribution in [0.15, 0.2) is 65.1 Å². The number of hydrogen-bond acceptors (Lipinski definition) is 3. The van der Waals surface area contributed by atoms with Crippen LogP contribution in [0, 0.1) is 5.82 Å². The van der Waals surface area contributed by atoms with E-state index in [0.717, 1.165) is 0 Å². The fraction of sp³-hybridized carbons (Fsp3) is 0.0556. The second-order valence-corrected chi connectivity index (χ2v) is 5.41. The molecule has 0 fully saturated rings. The Kier molecular flexibility index (Phi) is 4.82. The highest BCUT2D eigenvalue weighted by Crippen LogP contribution is 2.18. The van der Waals surface area contributed by atoms with Crippen molar-refractivity contribution in [3.8, 4) is 5.75 Å². The van der Waals surface area contributed by atoms with E-state index < -0.39 is 5.91 Å². The van der Waals surface area contributed by atoms with Crippen LogP contribution in [0.2, 0.25) is 5.02 Å². The first-order valence-corrected chi connectivity index (χ1v) is 7.52. The minimum absolute atomic E-state index is 0.147. The lowest BCUT2D eigenvalue weighted by Gasteiger charge is -2.04. The van der Waals surface area contributed by atoms with Crippen molar-refractivity contribution < 1.29 is 18.3 Å². The van der Waals surface area contributed by atoms with Gasteiger partial charge in [-0.1, -0.05) is 11.6 Å². The van der Waals surface area contributed by atoms with Crippen molar-refractivity contribution in [2.24, 2.45) is 0 Å². The van der Waals surface area contributed by atoms with Crippen LogP contribution in [0.5, 0.6) is 5.75 Å². The molecule has 0 saturated heterocycles. The van der Waals surface area contributed by atoms with Gasteiger partial charge < -0.3 is 14.5 Å². The fourth-order valence-electron chi connectivity index (χ4n) is 1.99. The van der Waals surface area contributed by atoms with Gasteiger partial charge in [-0.3, -0.25) is 4.79 Å². The molecule has 3 aromatic rings. The molecule has 0 aliphatic rings. The lowest BCUT2D eigenvalue weighted by atomic mass is 10.3. The molecule has 0 unspecified atom stereocenters. The lowest BCUT2D eigenvalue weighted by Crippen LogP contribution is -2.10. The average Bonchev–Trinajstić information content (AvgIpc) is 3.06. The maximum absolute atomic E-state index is 12.8. The summed E-state index contributed by atoms with van der Waals surface area (Å²) in [5, 5.41) is 3.25. The van der Waals surface area contributed by atoms with Crippen molar-refractivity contribution in [2.75, 3.05) is 5.32 Å².